The molecule has 78 valence electrons. The molecular formula is C9H12O5. The van der Waals surface area contributed by atoms with Gasteiger partial charge < -0.3 is 14.2 Å². The van der Waals surface area contributed by atoms with Crippen molar-refractivity contribution in [2.24, 2.45) is 11.8 Å². The summed E-state index contributed by atoms with van der Waals surface area (Å²) < 4.78 is 15.1. The molecule has 0 aromatic rings. The highest BCUT2D eigenvalue weighted by Crippen LogP contribution is 2.33. The van der Waals surface area contributed by atoms with Crippen molar-refractivity contribution in [1.82, 2.24) is 0 Å². The standard InChI is InChI=1S/C9H12O5/c1-5(10)13-4-8-6-2-12-3-7(6)9(11)14-8/h6-8H,2-4H2,1H3/t6-,7+,8-/m1/s1. The minimum absolute atomic E-state index is 0.0573. The number of hydrogen-bond donors (Lipinski definition) is 0. The fourth-order valence-corrected chi connectivity index (χ4v) is 1.86. The van der Waals surface area contributed by atoms with E-state index in [0.717, 1.165) is 0 Å². The van der Waals surface area contributed by atoms with Gasteiger partial charge in [0.1, 0.15) is 12.7 Å². The topological polar surface area (TPSA) is 61.8 Å². The van der Waals surface area contributed by atoms with E-state index in [1.54, 1.807) is 0 Å². The fraction of sp³-hybridized carbons (Fsp3) is 0.778. The van der Waals surface area contributed by atoms with Gasteiger partial charge in [-0.25, -0.2) is 0 Å². The van der Waals surface area contributed by atoms with E-state index in [4.69, 9.17) is 14.2 Å². The molecule has 0 N–H and O–H groups in total. The minimum atomic E-state index is -0.358. The molecule has 0 radical (unpaired) electrons. The van der Waals surface area contributed by atoms with Gasteiger partial charge in [0.2, 0.25) is 0 Å². The molecule has 0 bridgehead atoms. The molecule has 5 nitrogen and oxygen atoms in total. The summed E-state index contributed by atoms with van der Waals surface area (Å²) in [6.45, 7) is 2.42. The smallest absolute Gasteiger partial charge is 0.312 e. The maximum Gasteiger partial charge on any atom is 0.312 e. The SMILES string of the molecule is CC(=O)OC[C@H]1OC(=O)[C@H]2COC[C@H]21. The van der Waals surface area contributed by atoms with Crippen LogP contribution in [0.15, 0.2) is 0 Å². The number of ether oxygens (including phenoxy) is 3. The van der Waals surface area contributed by atoms with Crippen molar-refractivity contribution in [1.29, 1.82) is 0 Å². The average molecular weight is 200 g/mol. The average Bonchev–Trinajstić information content (AvgIpc) is 2.67. The van der Waals surface area contributed by atoms with Gasteiger partial charge in [0, 0.05) is 12.8 Å². The molecule has 0 amide bonds. The highest BCUT2D eigenvalue weighted by molar-refractivity contribution is 5.76. The van der Waals surface area contributed by atoms with Crippen molar-refractivity contribution in [3.8, 4) is 0 Å². The molecular weight excluding hydrogens is 188 g/mol. The molecule has 0 aromatic heterocycles. The second-order valence-electron chi connectivity index (χ2n) is 3.59. The van der Waals surface area contributed by atoms with E-state index in [1.165, 1.54) is 6.92 Å². The van der Waals surface area contributed by atoms with E-state index in [9.17, 15) is 9.59 Å². The third-order valence-electron chi connectivity index (χ3n) is 2.62. The Morgan fingerprint density at radius 1 is 1.57 bits per heavy atom. The third-order valence-corrected chi connectivity index (χ3v) is 2.62. The maximum atomic E-state index is 11.3. The van der Waals surface area contributed by atoms with Crippen molar-refractivity contribution in [3.05, 3.63) is 0 Å². The van der Waals surface area contributed by atoms with Crippen LogP contribution in [0.5, 0.6) is 0 Å². The Hall–Kier alpha value is -1.10. The lowest BCUT2D eigenvalue weighted by Crippen LogP contribution is -2.26. The second-order valence-corrected chi connectivity index (χ2v) is 3.59. The molecule has 14 heavy (non-hydrogen) atoms. The zero-order valence-corrected chi connectivity index (χ0v) is 7.89. The fourth-order valence-electron chi connectivity index (χ4n) is 1.86. The van der Waals surface area contributed by atoms with Gasteiger partial charge in [-0.15, -0.1) is 0 Å². The molecule has 0 saturated carbocycles. The molecule has 2 fully saturated rings. The van der Waals surface area contributed by atoms with Crippen LogP contribution in [0.25, 0.3) is 0 Å². The van der Waals surface area contributed by atoms with Crippen molar-refractivity contribution >= 4 is 11.9 Å². The number of carbonyl (C=O) groups is 2. The quantitative estimate of drug-likeness (QED) is 0.574. The number of rotatable bonds is 2. The zero-order chi connectivity index (χ0) is 10.1. The molecule has 2 aliphatic heterocycles. The van der Waals surface area contributed by atoms with Gasteiger partial charge in [0.25, 0.3) is 0 Å². The molecule has 0 unspecified atom stereocenters. The van der Waals surface area contributed by atoms with Crippen LogP contribution >= 0.6 is 0 Å². The summed E-state index contributed by atoms with van der Waals surface area (Å²) in [6.07, 6.45) is -0.320. The van der Waals surface area contributed by atoms with Crippen LogP contribution in [0.3, 0.4) is 0 Å². The zero-order valence-electron chi connectivity index (χ0n) is 7.89. The van der Waals surface area contributed by atoms with E-state index in [-0.39, 0.29) is 36.5 Å². The second kappa shape index (κ2) is 3.57. The summed E-state index contributed by atoms with van der Waals surface area (Å²) in [6, 6.07) is 0. The van der Waals surface area contributed by atoms with Gasteiger partial charge in [0.05, 0.1) is 19.1 Å². The van der Waals surface area contributed by atoms with Crippen LogP contribution in [-0.2, 0) is 23.8 Å². The number of cyclic esters (lactones) is 1. The summed E-state index contributed by atoms with van der Waals surface area (Å²) in [5.74, 6) is -0.689. The first-order valence-electron chi connectivity index (χ1n) is 4.60. The summed E-state index contributed by atoms with van der Waals surface area (Å²) in [5, 5.41) is 0. The first kappa shape index (κ1) is 9.45. The molecule has 2 heterocycles. The van der Waals surface area contributed by atoms with E-state index in [1.807, 2.05) is 0 Å². The van der Waals surface area contributed by atoms with Crippen LogP contribution in [-0.4, -0.2) is 37.9 Å². The monoisotopic (exact) mass is 200 g/mol. The van der Waals surface area contributed by atoms with E-state index in [2.05, 4.69) is 0 Å². The molecule has 2 saturated heterocycles. The highest BCUT2D eigenvalue weighted by atomic mass is 16.6. The van der Waals surface area contributed by atoms with E-state index in [0.29, 0.717) is 13.2 Å². The minimum Gasteiger partial charge on any atom is -0.462 e. The Morgan fingerprint density at radius 2 is 2.36 bits per heavy atom. The van der Waals surface area contributed by atoms with Crippen LogP contribution in [0.2, 0.25) is 0 Å². The van der Waals surface area contributed by atoms with Gasteiger partial charge in [-0.05, 0) is 0 Å². The van der Waals surface area contributed by atoms with Gasteiger partial charge in [-0.1, -0.05) is 0 Å². The van der Waals surface area contributed by atoms with Crippen LogP contribution < -0.4 is 0 Å². The van der Waals surface area contributed by atoms with E-state index < -0.39 is 0 Å². The normalized spacial score (nSPS) is 35.2. The van der Waals surface area contributed by atoms with Gasteiger partial charge in [0.15, 0.2) is 0 Å². The lowest BCUT2D eigenvalue weighted by molar-refractivity contribution is -0.154. The Labute approximate surface area is 81.3 Å². The Morgan fingerprint density at radius 3 is 3.07 bits per heavy atom. The number of hydrogen-bond acceptors (Lipinski definition) is 5. The number of esters is 2. The highest BCUT2D eigenvalue weighted by Gasteiger charge is 2.48. The Bertz CT molecular complexity index is 262. The number of fused-ring (bicyclic) bond motifs is 1. The maximum absolute atomic E-state index is 11.3. The first-order chi connectivity index (χ1) is 6.68. The van der Waals surface area contributed by atoms with E-state index >= 15 is 0 Å². The molecule has 2 aliphatic rings. The number of carbonyl (C=O) groups excluding carboxylic acids is 2. The lowest BCUT2D eigenvalue weighted by atomic mass is 9.94. The predicted octanol–water partition coefficient (Wildman–Crippen LogP) is -0.263. The molecule has 0 spiro atoms. The summed E-state index contributed by atoms with van der Waals surface area (Å²) >= 11 is 0. The van der Waals surface area contributed by atoms with Crippen LogP contribution in [0.1, 0.15) is 6.92 Å². The molecule has 3 atom stereocenters. The first-order valence-corrected chi connectivity index (χ1v) is 4.60. The van der Waals surface area contributed by atoms with Crippen molar-refractivity contribution < 1.29 is 23.8 Å². The summed E-state index contributed by atoms with van der Waals surface area (Å²) in [5.41, 5.74) is 0. The molecule has 0 aromatic carbocycles. The summed E-state index contributed by atoms with van der Waals surface area (Å²) in [4.78, 5) is 21.8. The third kappa shape index (κ3) is 1.59. The van der Waals surface area contributed by atoms with Gasteiger partial charge in [-0.2, -0.15) is 0 Å². The van der Waals surface area contributed by atoms with Crippen molar-refractivity contribution in [2.75, 3.05) is 19.8 Å². The van der Waals surface area contributed by atoms with Gasteiger partial charge in [-0.3, -0.25) is 9.59 Å². The molecule has 2 rings (SSSR count). The van der Waals surface area contributed by atoms with Crippen molar-refractivity contribution in [3.63, 3.8) is 0 Å². The molecule has 5 heteroatoms. The van der Waals surface area contributed by atoms with Crippen LogP contribution in [0, 0.1) is 11.8 Å². The Kier molecular flexibility index (Phi) is 2.41. The van der Waals surface area contributed by atoms with Gasteiger partial charge >= 0.3 is 11.9 Å². The van der Waals surface area contributed by atoms with Crippen molar-refractivity contribution in [2.45, 2.75) is 13.0 Å². The predicted molar refractivity (Wildman–Crippen MR) is 44.3 cm³/mol. The summed E-state index contributed by atoms with van der Waals surface area (Å²) in [7, 11) is 0. The Balaban J connectivity index is 1.93. The largest absolute Gasteiger partial charge is 0.462 e. The van der Waals surface area contributed by atoms with Crippen LogP contribution in [0.4, 0.5) is 0 Å². The molecule has 0 aliphatic carbocycles. The lowest BCUT2D eigenvalue weighted by Gasteiger charge is -2.14.